The van der Waals surface area contributed by atoms with Crippen LogP contribution in [0.4, 0.5) is 5.69 Å². The molecule has 0 fully saturated rings. The number of hydrogen-bond donors (Lipinski definition) is 1. The lowest BCUT2D eigenvalue weighted by atomic mass is 10.0. The van der Waals surface area contributed by atoms with Gasteiger partial charge in [0.15, 0.2) is 0 Å². The van der Waals surface area contributed by atoms with Gasteiger partial charge >= 0.3 is 0 Å². The fraction of sp³-hybridized carbons (Fsp3) is 0.257. The van der Waals surface area contributed by atoms with E-state index < -0.39 is 28.5 Å². The van der Waals surface area contributed by atoms with Crippen molar-refractivity contribution in [2.75, 3.05) is 10.8 Å². The first-order valence-electron chi connectivity index (χ1n) is 14.7. The van der Waals surface area contributed by atoms with Crippen molar-refractivity contribution >= 4 is 55.1 Å². The Morgan fingerprint density at radius 1 is 0.867 bits per heavy atom. The van der Waals surface area contributed by atoms with E-state index in [9.17, 15) is 18.0 Å². The quantitative estimate of drug-likeness (QED) is 0.160. The minimum Gasteiger partial charge on any atom is -0.352 e. The van der Waals surface area contributed by atoms with Gasteiger partial charge in [-0.1, -0.05) is 94.6 Å². The number of anilines is 1. The van der Waals surface area contributed by atoms with Gasteiger partial charge in [-0.15, -0.1) is 0 Å². The summed E-state index contributed by atoms with van der Waals surface area (Å²) < 4.78 is 30.2. The fourth-order valence-electron chi connectivity index (χ4n) is 4.76. The third kappa shape index (κ3) is 9.19. The number of hydrogen-bond acceptors (Lipinski definition) is 4. The molecule has 0 aliphatic heterocycles. The summed E-state index contributed by atoms with van der Waals surface area (Å²) in [5.74, 6) is -0.832. The molecular formula is C35H37BrClN3O4S. The number of halogens is 2. The number of amides is 2. The van der Waals surface area contributed by atoms with Crippen LogP contribution in [-0.4, -0.2) is 43.8 Å². The van der Waals surface area contributed by atoms with E-state index in [2.05, 4.69) is 21.2 Å². The average molecular weight is 711 g/mol. The molecule has 0 radical (unpaired) electrons. The Balaban J connectivity index is 1.80. The molecule has 4 aromatic rings. The van der Waals surface area contributed by atoms with Crippen LogP contribution in [0.5, 0.6) is 0 Å². The predicted molar refractivity (Wildman–Crippen MR) is 184 cm³/mol. The molecule has 2 amide bonds. The van der Waals surface area contributed by atoms with Crippen LogP contribution < -0.4 is 9.62 Å². The van der Waals surface area contributed by atoms with E-state index in [0.717, 1.165) is 25.5 Å². The zero-order chi connectivity index (χ0) is 32.6. The van der Waals surface area contributed by atoms with Crippen LogP contribution in [0.1, 0.15) is 37.0 Å². The predicted octanol–water partition coefficient (Wildman–Crippen LogP) is 7.16. The van der Waals surface area contributed by atoms with Gasteiger partial charge in [0.2, 0.25) is 11.8 Å². The normalized spacial score (nSPS) is 12.6. The van der Waals surface area contributed by atoms with Gasteiger partial charge in [-0.25, -0.2) is 8.42 Å². The van der Waals surface area contributed by atoms with Gasteiger partial charge in [-0.3, -0.25) is 13.9 Å². The molecule has 0 saturated heterocycles. The Labute approximate surface area is 279 Å². The summed E-state index contributed by atoms with van der Waals surface area (Å²) in [5.41, 5.74) is 2.85. The van der Waals surface area contributed by atoms with Crippen molar-refractivity contribution < 1.29 is 18.0 Å². The minimum absolute atomic E-state index is 0.0469. The average Bonchev–Trinajstić information content (AvgIpc) is 3.03. The molecule has 10 heteroatoms. The number of carbonyl (C=O) groups excluding carboxylic acids is 2. The highest BCUT2D eigenvalue weighted by Crippen LogP contribution is 2.27. The topological polar surface area (TPSA) is 86.8 Å². The minimum atomic E-state index is -4.18. The molecule has 1 N–H and O–H groups in total. The van der Waals surface area contributed by atoms with Crippen LogP contribution in [0.2, 0.25) is 5.02 Å². The number of aryl methyl sites for hydroxylation is 1. The molecule has 4 rings (SSSR count). The van der Waals surface area contributed by atoms with Gasteiger partial charge in [-0.2, -0.15) is 0 Å². The first-order valence-corrected chi connectivity index (χ1v) is 17.3. The second-order valence-electron chi connectivity index (χ2n) is 11.0. The smallest absolute Gasteiger partial charge is 0.264 e. The summed E-state index contributed by atoms with van der Waals surface area (Å²) >= 11 is 9.60. The maximum atomic E-state index is 14.5. The van der Waals surface area contributed by atoms with E-state index in [-0.39, 0.29) is 35.5 Å². The van der Waals surface area contributed by atoms with E-state index >= 15 is 0 Å². The summed E-state index contributed by atoms with van der Waals surface area (Å²) in [5, 5.41) is 3.48. The molecule has 45 heavy (non-hydrogen) atoms. The molecule has 236 valence electrons. The van der Waals surface area contributed by atoms with Gasteiger partial charge in [-0.05, 0) is 79.9 Å². The molecule has 0 saturated carbocycles. The summed E-state index contributed by atoms with van der Waals surface area (Å²) in [6.07, 6.45) is 0.959. The molecule has 0 aliphatic carbocycles. The molecule has 0 spiro atoms. The number of nitrogens with zero attached hydrogens (tertiary/aromatic N) is 2. The number of sulfonamides is 1. The second-order valence-corrected chi connectivity index (χ2v) is 14.2. The molecule has 2 atom stereocenters. The van der Waals surface area contributed by atoms with Gasteiger partial charge in [0, 0.05) is 28.5 Å². The first-order chi connectivity index (χ1) is 21.5. The molecular weight excluding hydrogens is 674 g/mol. The molecule has 4 aromatic carbocycles. The Bertz CT molecular complexity index is 1680. The molecule has 0 aromatic heterocycles. The van der Waals surface area contributed by atoms with Crippen LogP contribution in [0.15, 0.2) is 112 Å². The van der Waals surface area contributed by atoms with Gasteiger partial charge in [0.25, 0.3) is 10.0 Å². The van der Waals surface area contributed by atoms with Crippen molar-refractivity contribution in [1.82, 2.24) is 10.2 Å². The highest BCUT2D eigenvalue weighted by molar-refractivity contribution is 9.10. The van der Waals surface area contributed by atoms with Crippen molar-refractivity contribution in [2.24, 2.45) is 0 Å². The highest BCUT2D eigenvalue weighted by atomic mass is 79.9. The van der Waals surface area contributed by atoms with Gasteiger partial charge in [0.05, 0.1) is 10.6 Å². The lowest BCUT2D eigenvalue weighted by molar-refractivity contribution is -0.140. The number of rotatable bonds is 13. The maximum Gasteiger partial charge on any atom is 0.264 e. The van der Waals surface area contributed by atoms with E-state index in [1.807, 2.05) is 75.4 Å². The third-order valence-corrected chi connectivity index (χ3v) is 10.1. The molecule has 7 nitrogen and oxygen atoms in total. The Morgan fingerprint density at radius 2 is 1.49 bits per heavy atom. The summed E-state index contributed by atoms with van der Waals surface area (Å²) in [4.78, 5) is 29.9. The van der Waals surface area contributed by atoms with E-state index in [0.29, 0.717) is 11.4 Å². The number of carbonyl (C=O) groups is 2. The van der Waals surface area contributed by atoms with Crippen molar-refractivity contribution in [3.63, 3.8) is 0 Å². The van der Waals surface area contributed by atoms with Crippen LogP contribution >= 0.6 is 27.5 Å². The Morgan fingerprint density at radius 3 is 2.09 bits per heavy atom. The Kier molecular flexibility index (Phi) is 11.8. The van der Waals surface area contributed by atoms with Gasteiger partial charge < -0.3 is 10.2 Å². The van der Waals surface area contributed by atoms with Crippen molar-refractivity contribution in [2.45, 2.75) is 57.1 Å². The molecule has 2 unspecified atom stereocenters. The van der Waals surface area contributed by atoms with Crippen molar-refractivity contribution in [3.05, 3.63) is 129 Å². The lowest BCUT2D eigenvalue weighted by Crippen LogP contribution is -2.54. The number of nitrogens with one attached hydrogen (secondary N) is 1. The first kappa shape index (κ1) is 34.2. The van der Waals surface area contributed by atoms with Gasteiger partial charge in [0.1, 0.15) is 12.6 Å². The zero-order valence-corrected chi connectivity index (χ0v) is 28.6. The standard InChI is InChI=1S/C35H37BrClN3O4S/c1-4-26(3)38-35(42)33(22-27-8-6-5-7-9-27)39(23-28-12-14-29(36)15-13-28)34(41)24-40(31-18-16-30(37)17-19-31)45(43,44)32-20-10-25(2)11-21-32/h5-21,26,33H,4,22-24H2,1-3H3,(H,38,42). The monoisotopic (exact) mass is 709 g/mol. The fourth-order valence-corrected chi connectivity index (χ4v) is 6.56. The Hall–Kier alpha value is -3.66. The summed E-state index contributed by atoms with van der Waals surface area (Å²) in [6.45, 7) is 5.32. The third-order valence-electron chi connectivity index (χ3n) is 7.54. The lowest BCUT2D eigenvalue weighted by Gasteiger charge is -2.34. The van der Waals surface area contributed by atoms with E-state index in [1.165, 1.54) is 17.0 Å². The van der Waals surface area contributed by atoms with E-state index in [1.54, 1.807) is 36.4 Å². The zero-order valence-electron chi connectivity index (χ0n) is 25.5. The highest BCUT2D eigenvalue weighted by Gasteiger charge is 2.35. The van der Waals surface area contributed by atoms with Crippen LogP contribution in [-0.2, 0) is 32.6 Å². The summed E-state index contributed by atoms with van der Waals surface area (Å²) in [6, 6.07) is 28.7. The largest absolute Gasteiger partial charge is 0.352 e. The maximum absolute atomic E-state index is 14.5. The van der Waals surface area contributed by atoms with Crippen LogP contribution in [0, 0.1) is 6.92 Å². The van der Waals surface area contributed by atoms with Crippen molar-refractivity contribution in [1.29, 1.82) is 0 Å². The molecule has 0 heterocycles. The number of benzene rings is 4. The van der Waals surface area contributed by atoms with Crippen LogP contribution in [0.25, 0.3) is 0 Å². The molecule has 0 aliphatic rings. The van der Waals surface area contributed by atoms with E-state index in [4.69, 9.17) is 11.6 Å². The van der Waals surface area contributed by atoms with Crippen molar-refractivity contribution in [3.8, 4) is 0 Å². The molecule has 0 bridgehead atoms. The SMILES string of the molecule is CCC(C)NC(=O)C(Cc1ccccc1)N(Cc1ccc(Br)cc1)C(=O)CN(c1ccc(Cl)cc1)S(=O)(=O)c1ccc(C)cc1. The second kappa shape index (κ2) is 15.6. The summed E-state index contributed by atoms with van der Waals surface area (Å²) in [7, 11) is -4.18. The van der Waals surface area contributed by atoms with Crippen LogP contribution in [0.3, 0.4) is 0 Å².